The molecule has 1 aliphatic rings. The van der Waals surface area contributed by atoms with Crippen LogP contribution in [0.1, 0.15) is 34.5 Å². The molecule has 5 rings (SSSR count). The maximum atomic E-state index is 14.1. The van der Waals surface area contributed by atoms with E-state index >= 15 is 0 Å². The maximum absolute atomic E-state index is 14.1. The van der Waals surface area contributed by atoms with Gasteiger partial charge in [-0.15, -0.1) is 0 Å². The van der Waals surface area contributed by atoms with E-state index in [-0.39, 0.29) is 17.4 Å². The fraction of sp³-hybridized carbons (Fsp3) is 0.222. The number of aromatic nitrogens is 1. The monoisotopic (exact) mass is 448 g/mol. The van der Waals surface area contributed by atoms with Gasteiger partial charge in [0, 0.05) is 48.3 Å². The molecule has 1 aliphatic heterocycles. The van der Waals surface area contributed by atoms with Crippen molar-refractivity contribution >= 4 is 16.7 Å². The molecule has 3 nitrogen and oxygen atoms in total. The van der Waals surface area contributed by atoms with E-state index in [2.05, 4.69) is 9.47 Å². The second-order valence-electron chi connectivity index (χ2n) is 8.46. The number of ketones is 1. The molecule has 0 spiro atoms. The predicted octanol–water partition coefficient (Wildman–Crippen LogP) is 6.07. The Balaban J connectivity index is 1.36. The third-order valence-corrected chi connectivity index (χ3v) is 6.30. The molecule has 0 aliphatic carbocycles. The molecule has 33 heavy (non-hydrogen) atoms. The molecule has 0 saturated carbocycles. The van der Waals surface area contributed by atoms with Crippen molar-refractivity contribution in [3.8, 4) is 5.69 Å². The fourth-order valence-corrected chi connectivity index (χ4v) is 4.73. The van der Waals surface area contributed by atoms with Crippen LogP contribution in [-0.4, -0.2) is 28.3 Å². The van der Waals surface area contributed by atoms with Crippen LogP contribution in [0.4, 0.5) is 13.2 Å². The standard InChI is InChI=1S/C27H23F3N2O/c28-19-6-9-22(10-7-19)32-25-11-8-21(30)16-23(25)24-17-31(14-12-26(24)32)13-2-5-27(33)18-3-1-4-20(29)15-18/h1,3-4,6-11,15-16H,2,5,12-14,17H2. The molecule has 3 aromatic carbocycles. The number of carbonyl (C=O) groups excluding carboxylic acids is 1. The summed E-state index contributed by atoms with van der Waals surface area (Å²) in [5.41, 5.74) is 4.32. The van der Waals surface area contributed by atoms with Crippen LogP contribution in [0, 0.1) is 17.5 Å². The number of nitrogens with zero attached hydrogens (tertiary/aromatic N) is 2. The maximum Gasteiger partial charge on any atom is 0.163 e. The summed E-state index contributed by atoms with van der Waals surface area (Å²) in [4.78, 5) is 14.6. The van der Waals surface area contributed by atoms with Gasteiger partial charge in [-0.2, -0.15) is 0 Å². The summed E-state index contributed by atoms with van der Waals surface area (Å²) in [5, 5.41) is 0.856. The highest BCUT2D eigenvalue weighted by molar-refractivity contribution is 5.96. The van der Waals surface area contributed by atoms with E-state index in [9.17, 15) is 18.0 Å². The Morgan fingerprint density at radius 1 is 0.879 bits per heavy atom. The van der Waals surface area contributed by atoms with E-state index in [1.54, 1.807) is 36.4 Å². The van der Waals surface area contributed by atoms with E-state index in [0.717, 1.165) is 47.4 Å². The van der Waals surface area contributed by atoms with E-state index in [1.165, 1.54) is 30.3 Å². The number of benzene rings is 3. The smallest absolute Gasteiger partial charge is 0.163 e. The molecule has 6 heteroatoms. The lowest BCUT2D eigenvalue weighted by Gasteiger charge is -2.28. The Morgan fingerprint density at radius 3 is 2.42 bits per heavy atom. The molecule has 4 aromatic rings. The number of rotatable bonds is 6. The van der Waals surface area contributed by atoms with Crippen molar-refractivity contribution in [1.82, 2.24) is 9.47 Å². The van der Waals surface area contributed by atoms with Gasteiger partial charge in [-0.1, -0.05) is 12.1 Å². The van der Waals surface area contributed by atoms with Gasteiger partial charge in [0.1, 0.15) is 17.5 Å². The third kappa shape index (κ3) is 4.31. The molecule has 0 fully saturated rings. The summed E-state index contributed by atoms with van der Waals surface area (Å²) >= 11 is 0. The zero-order valence-electron chi connectivity index (χ0n) is 18.0. The van der Waals surface area contributed by atoms with Crippen molar-refractivity contribution in [2.24, 2.45) is 0 Å². The van der Waals surface area contributed by atoms with Crippen LogP contribution in [0.3, 0.4) is 0 Å². The van der Waals surface area contributed by atoms with Gasteiger partial charge in [-0.25, -0.2) is 13.2 Å². The first-order chi connectivity index (χ1) is 16.0. The molecule has 168 valence electrons. The van der Waals surface area contributed by atoms with Crippen molar-refractivity contribution in [2.45, 2.75) is 25.8 Å². The fourth-order valence-electron chi connectivity index (χ4n) is 4.73. The molecule has 1 aromatic heterocycles. The summed E-state index contributed by atoms with van der Waals surface area (Å²) < 4.78 is 43.1. The Kier molecular flexibility index (Phi) is 5.77. The second kappa shape index (κ2) is 8.87. The quantitative estimate of drug-likeness (QED) is 0.335. The summed E-state index contributed by atoms with van der Waals surface area (Å²) in [6.45, 7) is 2.18. The van der Waals surface area contributed by atoms with Crippen LogP contribution >= 0.6 is 0 Å². The zero-order chi connectivity index (χ0) is 22.9. The molecule has 0 amide bonds. The van der Waals surface area contributed by atoms with E-state index in [4.69, 9.17) is 0 Å². The lowest BCUT2D eigenvalue weighted by atomic mass is 10.0. The summed E-state index contributed by atoms with van der Waals surface area (Å²) in [7, 11) is 0. The minimum Gasteiger partial charge on any atom is -0.313 e. The van der Waals surface area contributed by atoms with Crippen molar-refractivity contribution in [1.29, 1.82) is 0 Å². The van der Waals surface area contributed by atoms with Crippen molar-refractivity contribution in [2.75, 3.05) is 13.1 Å². The summed E-state index contributed by atoms with van der Waals surface area (Å²) in [5.74, 6) is -1.06. The van der Waals surface area contributed by atoms with Crippen LogP contribution in [0.25, 0.3) is 16.6 Å². The molecule has 0 N–H and O–H groups in total. The summed E-state index contributed by atoms with van der Waals surface area (Å²) in [6, 6.07) is 16.9. The van der Waals surface area contributed by atoms with Gasteiger partial charge in [0.2, 0.25) is 0 Å². The minimum absolute atomic E-state index is 0.0674. The van der Waals surface area contributed by atoms with Crippen molar-refractivity contribution in [3.05, 3.63) is 101 Å². The summed E-state index contributed by atoms with van der Waals surface area (Å²) in [6.07, 6.45) is 1.77. The average molecular weight is 448 g/mol. The number of hydrogen-bond acceptors (Lipinski definition) is 2. The van der Waals surface area contributed by atoms with Crippen LogP contribution in [-0.2, 0) is 13.0 Å². The molecule has 2 heterocycles. The zero-order valence-corrected chi connectivity index (χ0v) is 18.0. The van der Waals surface area contributed by atoms with E-state index in [1.807, 2.05) is 0 Å². The molecule has 0 atom stereocenters. The first-order valence-corrected chi connectivity index (χ1v) is 11.1. The number of Topliss-reactive ketones (excluding diaryl/α,β-unsaturated/α-hetero) is 1. The predicted molar refractivity (Wildman–Crippen MR) is 122 cm³/mol. The van der Waals surface area contributed by atoms with Crippen molar-refractivity contribution in [3.63, 3.8) is 0 Å². The van der Waals surface area contributed by atoms with Crippen LogP contribution in [0.15, 0.2) is 66.7 Å². The highest BCUT2D eigenvalue weighted by Crippen LogP contribution is 2.34. The Hall–Kier alpha value is -3.38. The molecular formula is C27H23F3N2O. The number of halogens is 3. The van der Waals surface area contributed by atoms with Gasteiger partial charge in [0.15, 0.2) is 5.78 Å². The first-order valence-electron chi connectivity index (χ1n) is 11.1. The normalized spacial score (nSPS) is 13.9. The van der Waals surface area contributed by atoms with Gasteiger partial charge < -0.3 is 4.57 Å². The average Bonchev–Trinajstić information content (AvgIpc) is 3.12. The third-order valence-electron chi connectivity index (χ3n) is 6.30. The Labute approximate surface area is 190 Å². The lowest BCUT2D eigenvalue weighted by molar-refractivity contribution is 0.0973. The van der Waals surface area contributed by atoms with Gasteiger partial charge in [-0.3, -0.25) is 9.69 Å². The number of hydrogen-bond donors (Lipinski definition) is 0. The minimum atomic E-state index is -0.408. The van der Waals surface area contributed by atoms with Gasteiger partial charge in [-0.05, 0) is 73.1 Å². The van der Waals surface area contributed by atoms with Gasteiger partial charge >= 0.3 is 0 Å². The number of fused-ring (bicyclic) bond motifs is 3. The SMILES string of the molecule is O=C(CCCN1CCc2c(c3cc(F)ccc3n2-c2ccc(F)cc2)C1)c1cccc(F)c1. The van der Waals surface area contributed by atoms with E-state index in [0.29, 0.717) is 24.9 Å². The van der Waals surface area contributed by atoms with Crippen molar-refractivity contribution < 1.29 is 18.0 Å². The highest BCUT2D eigenvalue weighted by atomic mass is 19.1. The highest BCUT2D eigenvalue weighted by Gasteiger charge is 2.25. The molecule has 0 saturated heterocycles. The number of carbonyl (C=O) groups is 1. The second-order valence-corrected chi connectivity index (χ2v) is 8.46. The van der Waals surface area contributed by atoms with Gasteiger partial charge in [0.25, 0.3) is 0 Å². The lowest BCUT2D eigenvalue weighted by Crippen LogP contribution is -2.32. The molecule has 0 radical (unpaired) electrons. The Morgan fingerprint density at radius 2 is 1.64 bits per heavy atom. The molecule has 0 bridgehead atoms. The molecular weight excluding hydrogens is 425 g/mol. The van der Waals surface area contributed by atoms with Crippen LogP contribution in [0.2, 0.25) is 0 Å². The Bertz CT molecular complexity index is 1330. The molecule has 0 unspecified atom stereocenters. The van der Waals surface area contributed by atoms with Crippen LogP contribution in [0.5, 0.6) is 0 Å². The van der Waals surface area contributed by atoms with Crippen LogP contribution < -0.4 is 0 Å². The first kappa shape index (κ1) is 21.5. The topological polar surface area (TPSA) is 25.2 Å². The van der Waals surface area contributed by atoms with E-state index < -0.39 is 5.82 Å². The van der Waals surface area contributed by atoms with Gasteiger partial charge in [0.05, 0.1) is 5.52 Å². The largest absolute Gasteiger partial charge is 0.313 e.